The lowest BCUT2D eigenvalue weighted by atomic mass is 9.82. The number of hydrogen-bond acceptors (Lipinski definition) is 7. The number of carbonyl (C=O) groups is 1. The molecule has 0 bridgehead atoms. The zero-order chi connectivity index (χ0) is 35.6. The molecule has 3 N–H and O–H groups in total. The van der Waals surface area contributed by atoms with Crippen molar-refractivity contribution < 1.29 is 28.9 Å². The van der Waals surface area contributed by atoms with E-state index in [0.29, 0.717) is 25.5 Å². The third-order valence-corrected chi connectivity index (χ3v) is 9.09. The molecule has 2 fully saturated rings. The molecule has 0 unspecified atom stereocenters. The maximum atomic E-state index is 13.2. The topological polar surface area (TPSA) is 104 Å². The minimum absolute atomic E-state index is 0.0680. The first-order valence-electron chi connectivity index (χ1n) is 17.7. The SMILES string of the molecule is CC(C)(C)O.Cc1nc(CNCC2CCOCC2)c(-c2ccc(OCCc3ccc(F)cc3)cc2)c(N2CCC(C)(C)CC2)c1CC(=O)O. The highest BCUT2D eigenvalue weighted by Crippen LogP contribution is 2.42. The van der Waals surface area contributed by atoms with Gasteiger partial charge >= 0.3 is 5.97 Å². The average molecular weight is 678 g/mol. The average Bonchev–Trinajstić information content (AvgIpc) is 3.03. The maximum Gasteiger partial charge on any atom is 0.307 e. The second-order valence-corrected chi connectivity index (χ2v) is 15.2. The lowest BCUT2D eigenvalue weighted by Gasteiger charge is -2.40. The van der Waals surface area contributed by atoms with Crippen LogP contribution in [0.15, 0.2) is 48.5 Å². The Morgan fingerprint density at radius 1 is 1.06 bits per heavy atom. The molecule has 3 heterocycles. The van der Waals surface area contributed by atoms with Crippen molar-refractivity contribution in [1.82, 2.24) is 10.3 Å². The lowest BCUT2D eigenvalue weighted by Crippen LogP contribution is -2.38. The van der Waals surface area contributed by atoms with E-state index in [-0.39, 0.29) is 17.7 Å². The Bertz CT molecular complexity index is 1480. The summed E-state index contributed by atoms with van der Waals surface area (Å²) < 4.78 is 24.8. The molecule has 5 rings (SSSR count). The Morgan fingerprint density at radius 3 is 2.27 bits per heavy atom. The van der Waals surface area contributed by atoms with Crippen LogP contribution >= 0.6 is 0 Å². The molecule has 9 heteroatoms. The number of benzene rings is 2. The van der Waals surface area contributed by atoms with Gasteiger partial charge in [-0.25, -0.2) is 4.39 Å². The Labute approximate surface area is 292 Å². The molecular weight excluding hydrogens is 621 g/mol. The van der Waals surface area contributed by atoms with Gasteiger partial charge in [0, 0.05) is 56.1 Å². The van der Waals surface area contributed by atoms with Gasteiger partial charge in [0.2, 0.25) is 0 Å². The number of aliphatic carboxylic acids is 1. The molecule has 8 nitrogen and oxygen atoms in total. The quantitative estimate of drug-likeness (QED) is 0.183. The number of ether oxygens (including phenoxy) is 2. The zero-order valence-electron chi connectivity index (χ0n) is 30.3. The Kier molecular flexibility index (Phi) is 13.6. The van der Waals surface area contributed by atoms with Gasteiger partial charge in [0.05, 0.1) is 30.0 Å². The van der Waals surface area contributed by atoms with Gasteiger partial charge in [0.1, 0.15) is 11.6 Å². The molecular formula is C40H56FN3O5. The van der Waals surface area contributed by atoms with Gasteiger partial charge in [-0.3, -0.25) is 9.78 Å². The fourth-order valence-corrected chi connectivity index (χ4v) is 6.26. The predicted molar refractivity (Wildman–Crippen MR) is 194 cm³/mol. The van der Waals surface area contributed by atoms with Gasteiger partial charge in [0.25, 0.3) is 0 Å². The molecule has 49 heavy (non-hydrogen) atoms. The van der Waals surface area contributed by atoms with E-state index in [2.05, 4.69) is 36.2 Å². The summed E-state index contributed by atoms with van der Waals surface area (Å²) in [7, 11) is 0. The van der Waals surface area contributed by atoms with Crippen LogP contribution in [-0.2, 0) is 28.9 Å². The molecule has 2 aliphatic heterocycles. The van der Waals surface area contributed by atoms with Gasteiger partial charge < -0.3 is 29.9 Å². The number of aryl methyl sites for hydroxylation is 1. The molecule has 0 saturated carbocycles. The van der Waals surface area contributed by atoms with Crippen molar-refractivity contribution in [1.29, 1.82) is 0 Å². The summed E-state index contributed by atoms with van der Waals surface area (Å²) in [6.45, 7) is 17.1. The molecule has 268 valence electrons. The minimum Gasteiger partial charge on any atom is -0.493 e. The van der Waals surface area contributed by atoms with E-state index in [0.717, 1.165) is 104 Å². The molecule has 2 saturated heterocycles. The van der Waals surface area contributed by atoms with Crippen molar-refractivity contribution in [3.8, 4) is 16.9 Å². The fourth-order valence-electron chi connectivity index (χ4n) is 6.26. The summed E-state index contributed by atoms with van der Waals surface area (Å²) in [5, 5.41) is 22.1. The molecule has 0 atom stereocenters. The number of hydrogen-bond donors (Lipinski definition) is 3. The summed E-state index contributed by atoms with van der Waals surface area (Å²) in [5.74, 6) is 0.236. The highest BCUT2D eigenvalue weighted by atomic mass is 19.1. The van der Waals surface area contributed by atoms with Gasteiger partial charge in [-0.2, -0.15) is 0 Å². The number of nitrogens with one attached hydrogen (secondary N) is 1. The van der Waals surface area contributed by atoms with Crippen LogP contribution in [0.4, 0.5) is 10.1 Å². The third-order valence-electron chi connectivity index (χ3n) is 9.09. The molecule has 2 aliphatic rings. The molecule has 0 spiro atoms. The summed E-state index contributed by atoms with van der Waals surface area (Å²) in [4.78, 5) is 19.5. The second-order valence-electron chi connectivity index (χ2n) is 15.2. The second kappa shape index (κ2) is 17.4. The summed E-state index contributed by atoms with van der Waals surface area (Å²) >= 11 is 0. The third kappa shape index (κ3) is 12.4. The van der Waals surface area contributed by atoms with Crippen LogP contribution in [0.2, 0.25) is 0 Å². The van der Waals surface area contributed by atoms with Crippen molar-refractivity contribution in [2.24, 2.45) is 11.3 Å². The summed E-state index contributed by atoms with van der Waals surface area (Å²) in [6, 6.07) is 14.6. The van der Waals surface area contributed by atoms with Crippen molar-refractivity contribution in [3.05, 3.63) is 76.9 Å². The summed E-state index contributed by atoms with van der Waals surface area (Å²) in [5.41, 5.74) is 6.29. The summed E-state index contributed by atoms with van der Waals surface area (Å²) in [6.07, 6.45) is 4.81. The van der Waals surface area contributed by atoms with Crippen LogP contribution in [0, 0.1) is 24.1 Å². The first-order valence-corrected chi connectivity index (χ1v) is 17.7. The monoisotopic (exact) mass is 677 g/mol. The van der Waals surface area contributed by atoms with E-state index in [4.69, 9.17) is 19.6 Å². The number of piperidine rings is 1. The van der Waals surface area contributed by atoms with Gasteiger partial charge in [0.15, 0.2) is 0 Å². The van der Waals surface area contributed by atoms with Gasteiger partial charge in [-0.15, -0.1) is 0 Å². The Hall–Kier alpha value is -3.53. The van der Waals surface area contributed by atoms with Crippen molar-refractivity contribution in [3.63, 3.8) is 0 Å². The van der Waals surface area contributed by atoms with Gasteiger partial charge in [-0.1, -0.05) is 38.1 Å². The number of rotatable bonds is 12. The highest BCUT2D eigenvalue weighted by Gasteiger charge is 2.31. The van der Waals surface area contributed by atoms with Crippen molar-refractivity contribution in [2.45, 2.75) is 92.2 Å². The number of nitrogens with zero attached hydrogens (tertiary/aromatic N) is 2. The molecule has 0 radical (unpaired) electrons. The first-order chi connectivity index (χ1) is 23.2. The van der Waals surface area contributed by atoms with Crippen molar-refractivity contribution in [2.75, 3.05) is 44.4 Å². The standard InChI is InChI=1S/C36H46FN3O4.C4H10O/c1-25-31(22-33(41)42)35(40-17-15-36(2,3)16-18-40)34(32(39-25)24-38-23-27-12-19-43-20-13-27)28-6-10-30(11-7-28)44-21-14-26-4-8-29(37)9-5-26;1-4(2,3)5/h4-11,27,38H,12-24H2,1-3H3,(H,41,42);5H,1-3H3. The van der Waals surface area contributed by atoms with E-state index in [1.165, 1.54) is 12.1 Å². The van der Waals surface area contributed by atoms with E-state index >= 15 is 0 Å². The number of anilines is 1. The first kappa shape index (κ1) is 38.3. The van der Waals surface area contributed by atoms with Crippen LogP contribution in [0.1, 0.15) is 82.8 Å². The maximum absolute atomic E-state index is 13.2. The highest BCUT2D eigenvalue weighted by molar-refractivity contribution is 5.86. The number of aliphatic hydroxyl groups is 1. The minimum atomic E-state index is -0.852. The van der Waals surface area contributed by atoms with Crippen LogP contribution in [0.25, 0.3) is 11.1 Å². The normalized spacial score (nSPS) is 16.5. The molecule has 1 aromatic heterocycles. The molecule has 3 aromatic rings. The van der Waals surface area contributed by atoms with Gasteiger partial charge in [-0.05, 0) is 107 Å². The van der Waals surface area contributed by atoms with E-state index in [9.17, 15) is 14.3 Å². The molecule has 0 amide bonds. The van der Waals surface area contributed by atoms with E-state index in [1.807, 2.05) is 19.1 Å². The zero-order valence-corrected chi connectivity index (χ0v) is 30.3. The molecule has 2 aromatic carbocycles. The van der Waals surface area contributed by atoms with Crippen LogP contribution in [0.3, 0.4) is 0 Å². The van der Waals surface area contributed by atoms with E-state index < -0.39 is 11.6 Å². The van der Waals surface area contributed by atoms with Crippen LogP contribution in [-0.4, -0.2) is 66.2 Å². The van der Waals surface area contributed by atoms with Crippen LogP contribution < -0.4 is 15.0 Å². The number of carboxylic acid groups (broad SMARTS) is 1. The lowest BCUT2D eigenvalue weighted by molar-refractivity contribution is -0.136. The number of pyridine rings is 1. The smallest absolute Gasteiger partial charge is 0.307 e. The molecule has 0 aliphatic carbocycles. The van der Waals surface area contributed by atoms with Crippen molar-refractivity contribution >= 4 is 11.7 Å². The number of aromatic nitrogens is 1. The number of carboxylic acids is 1. The Morgan fingerprint density at radius 2 is 1.67 bits per heavy atom. The van der Waals surface area contributed by atoms with E-state index in [1.54, 1.807) is 32.9 Å². The largest absolute Gasteiger partial charge is 0.493 e. The Balaban J connectivity index is 0.00000101. The predicted octanol–water partition coefficient (Wildman–Crippen LogP) is 7.36. The fraction of sp³-hybridized carbons (Fsp3) is 0.550. The number of halogens is 1. The van der Waals surface area contributed by atoms with Crippen LogP contribution in [0.5, 0.6) is 5.75 Å².